The third-order valence-corrected chi connectivity index (χ3v) is 2.72. The maximum atomic E-state index is 3.33. The van der Waals surface area contributed by atoms with Crippen LogP contribution in [0.5, 0.6) is 0 Å². The second kappa shape index (κ2) is 4.06. The lowest BCUT2D eigenvalue weighted by atomic mass is 10.7. The molecule has 0 bridgehead atoms. The van der Waals surface area contributed by atoms with Gasteiger partial charge in [0.05, 0.1) is 0 Å². The molecule has 3 heteroatoms. The Bertz CT molecular complexity index is 56.4. The highest BCUT2D eigenvalue weighted by Gasteiger charge is 1.98. The van der Waals surface area contributed by atoms with Gasteiger partial charge in [0, 0.05) is 16.0 Å². The molecule has 8 heavy (non-hydrogen) atoms. The summed E-state index contributed by atoms with van der Waals surface area (Å²) in [6.45, 7) is 3.21. The van der Waals surface area contributed by atoms with Gasteiger partial charge in [0.15, 0.2) is 0 Å². The molecule has 1 unspecified atom stereocenters. The third-order valence-electron chi connectivity index (χ3n) is 1.27. The van der Waals surface area contributed by atoms with Gasteiger partial charge in [-0.2, -0.15) is 0 Å². The van der Waals surface area contributed by atoms with Gasteiger partial charge in [0.1, 0.15) is 0 Å². The maximum Gasteiger partial charge on any atom is 0.0425 e. The highest BCUT2D eigenvalue weighted by molar-refractivity contribution is 6.11. The molecule has 0 saturated carbocycles. The Labute approximate surface area is 54.7 Å². The van der Waals surface area contributed by atoms with Crippen molar-refractivity contribution in [2.45, 2.75) is 12.7 Å². The van der Waals surface area contributed by atoms with Crippen LogP contribution in [0, 0.1) is 0 Å². The largest absolute Gasteiger partial charge is 0.306 e. The molecule has 0 aliphatic heterocycles. The zero-order valence-electron chi connectivity index (χ0n) is 6.23. The summed E-state index contributed by atoms with van der Waals surface area (Å²) in [6, 6.07) is 0. The van der Waals surface area contributed by atoms with Crippen LogP contribution in [-0.4, -0.2) is 41.6 Å². The van der Waals surface area contributed by atoms with Gasteiger partial charge in [-0.1, -0.05) is 6.92 Å². The summed E-state index contributed by atoms with van der Waals surface area (Å²) in [6.07, 6.45) is 0. The first-order valence-corrected chi connectivity index (χ1v) is 4.23. The SMILES string of the molecule is CCNC([SiH3])N(C)C. The Morgan fingerprint density at radius 3 is 2.25 bits per heavy atom. The van der Waals surface area contributed by atoms with Crippen molar-refractivity contribution in [1.82, 2.24) is 10.2 Å². The summed E-state index contributed by atoms with van der Waals surface area (Å²) in [5, 5.41) is 3.33. The van der Waals surface area contributed by atoms with Gasteiger partial charge >= 0.3 is 0 Å². The van der Waals surface area contributed by atoms with Gasteiger partial charge in [-0.15, -0.1) is 0 Å². The Hall–Kier alpha value is 0.137. The minimum Gasteiger partial charge on any atom is -0.306 e. The number of nitrogens with one attached hydrogen (secondary N) is 1. The molecule has 0 spiro atoms. The zero-order chi connectivity index (χ0) is 6.57. The van der Waals surface area contributed by atoms with E-state index in [1.54, 1.807) is 0 Å². The molecule has 0 aliphatic carbocycles. The van der Waals surface area contributed by atoms with Crippen LogP contribution in [0.15, 0.2) is 0 Å². The topological polar surface area (TPSA) is 15.3 Å². The van der Waals surface area contributed by atoms with Gasteiger partial charge in [0.2, 0.25) is 0 Å². The van der Waals surface area contributed by atoms with Crippen molar-refractivity contribution in [2.24, 2.45) is 0 Å². The predicted molar refractivity (Wildman–Crippen MR) is 41.1 cm³/mol. The van der Waals surface area contributed by atoms with Crippen LogP contribution in [0.2, 0.25) is 0 Å². The Morgan fingerprint density at radius 2 is 2.12 bits per heavy atom. The molecule has 0 saturated heterocycles. The summed E-state index contributed by atoms with van der Waals surface area (Å²) in [7, 11) is 5.39. The van der Waals surface area contributed by atoms with Crippen molar-refractivity contribution in [3.05, 3.63) is 0 Å². The van der Waals surface area contributed by atoms with Gasteiger partial charge < -0.3 is 5.32 Å². The molecule has 0 fully saturated rings. The molecule has 0 radical (unpaired) electrons. The molecule has 0 aromatic heterocycles. The fraction of sp³-hybridized carbons (Fsp3) is 1.00. The number of hydrogen-bond acceptors (Lipinski definition) is 2. The van der Waals surface area contributed by atoms with Gasteiger partial charge in [0.25, 0.3) is 0 Å². The average molecular weight is 132 g/mol. The fourth-order valence-electron chi connectivity index (χ4n) is 0.478. The number of nitrogens with zero attached hydrogens (tertiary/aromatic N) is 1. The van der Waals surface area contributed by atoms with Crippen molar-refractivity contribution in [3.63, 3.8) is 0 Å². The van der Waals surface area contributed by atoms with E-state index in [1.165, 1.54) is 10.2 Å². The highest BCUT2D eigenvalue weighted by atomic mass is 28.1. The van der Waals surface area contributed by atoms with Crippen molar-refractivity contribution in [1.29, 1.82) is 0 Å². The van der Waals surface area contributed by atoms with Crippen LogP contribution in [0.1, 0.15) is 6.92 Å². The normalized spacial score (nSPS) is 15.0. The van der Waals surface area contributed by atoms with Gasteiger partial charge in [-0.25, -0.2) is 0 Å². The summed E-state index contributed by atoms with van der Waals surface area (Å²) in [5.74, 6) is 0.639. The van der Waals surface area contributed by atoms with Gasteiger partial charge in [-0.05, 0) is 20.6 Å². The molecular formula is C5H16N2Si. The summed E-state index contributed by atoms with van der Waals surface area (Å²) in [5.41, 5.74) is 0. The van der Waals surface area contributed by atoms with E-state index in [0.717, 1.165) is 6.54 Å². The second-order valence-electron chi connectivity index (χ2n) is 2.20. The van der Waals surface area contributed by atoms with Crippen LogP contribution < -0.4 is 5.32 Å². The van der Waals surface area contributed by atoms with E-state index in [4.69, 9.17) is 0 Å². The first kappa shape index (κ1) is 8.14. The van der Waals surface area contributed by atoms with E-state index in [9.17, 15) is 0 Å². The first-order chi connectivity index (χ1) is 3.68. The molecule has 0 aliphatic rings. The maximum absolute atomic E-state index is 3.33. The Balaban J connectivity index is 3.17. The minimum atomic E-state index is 0.639. The lowest BCUT2D eigenvalue weighted by Crippen LogP contribution is -2.41. The molecule has 0 heterocycles. The standard InChI is InChI=1S/C5H16N2Si/c1-4-6-5(8)7(2)3/h5-6H,4H2,1-3,8H3. The van der Waals surface area contributed by atoms with Crippen LogP contribution in [0.25, 0.3) is 0 Å². The Kier molecular flexibility index (Phi) is 4.13. The molecule has 0 aromatic carbocycles. The van der Waals surface area contributed by atoms with Crippen LogP contribution in [-0.2, 0) is 0 Å². The molecule has 2 nitrogen and oxygen atoms in total. The van der Waals surface area contributed by atoms with Crippen LogP contribution in [0.4, 0.5) is 0 Å². The zero-order valence-corrected chi connectivity index (χ0v) is 8.23. The Morgan fingerprint density at radius 1 is 1.62 bits per heavy atom. The van der Waals surface area contributed by atoms with Crippen molar-refractivity contribution in [2.75, 3.05) is 20.6 Å². The minimum absolute atomic E-state index is 0.639. The molecule has 1 atom stereocenters. The van der Waals surface area contributed by atoms with E-state index >= 15 is 0 Å². The van der Waals surface area contributed by atoms with Gasteiger partial charge in [-0.3, -0.25) is 4.90 Å². The van der Waals surface area contributed by atoms with E-state index in [1.807, 2.05) is 0 Å². The molecule has 0 rings (SSSR count). The van der Waals surface area contributed by atoms with Crippen molar-refractivity contribution >= 4 is 10.2 Å². The first-order valence-electron chi connectivity index (χ1n) is 3.08. The molecular weight excluding hydrogens is 116 g/mol. The van der Waals surface area contributed by atoms with E-state index in [-0.39, 0.29) is 0 Å². The van der Waals surface area contributed by atoms with Crippen LogP contribution >= 0.6 is 0 Å². The second-order valence-corrected chi connectivity index (χ2v) is 3.29. The average Bonchev–Trinajstić information content (AvgIpc) is 1.67. The molecule has 50 valence electrons. The van der Waals surface area contributed by atoms with E-state index < -0.39 is 0 Å². The highest BCUT2D eigenvalue weighted by Crippen LogP contribution is 1.77. The lowest BCUT2D eigenvalue weighted by molar-refractivity contribution is 0.332. The predicted octanol–water partition coefficient (Wildman–Crippen LogP) is -1.19. The summed E-state index contributed by atoms with van der Waals surface area (Å²) < 4.78 is 0. The van der Waals surface area contributed by atoms with Crippen LogP contribution in [0.3, 0.4) is 0 Å². The lowest BCUT2D eigenvalue weighted by Gasteiger charge is -2.19. The summed E-state index contributed by atoms with van der Waals surface area (Å²) >= 11 is 0. The summed E-state index contributed by atoms with van der Waals surface area (Å²) in [4.78, 5) is 2.20. The molecule has 0 aromatic rings. The quantitative estimate of drug-likeness (QED) is 0.383. The fourth-order valence-corrected chi connectivity index (χ4v) is 0.886. The van der Waals surface area contributed by atoms with E-state index in [2.05, 4.69) is 31.2 Å². The smallest absolute Gasteiger partial charge is 0.0425 e. The number of hydrogen-bond donors (Lipinski definition) is 1. The van der Waals surface area contributed by atoms with Crippen molar-refractivity contribution in [3.8, 4) is 0 Å². The molecule has 1 N–H and O–H groups in total. The van der Waals surface area contributed by atoms with E-state index in [0.29, 0.717) is 5.79 Å². The number of rotatable bonds is 3. The third kappa shape index (κ3) is 3.18. The monoisotopic (exact) mass is 132 g/mol. The van der Waals surface area contributed by atoms with Crippen molar-refractivity contribution < 1.29 is 0 Å². The molecule has 0 amide bonds.